The molecule has 0 aliphatic heterocycles. The molecule has 0 aromatic heterocycles. The molecule has 3 nitrogen and oxygen atoms in total. The number of aryl methyl sites for hydroxylation is 2. The molecule has 2 rings (SSSR count). The van der Waals surface area contributed by atoms with E-state index in [1.165, 1.54) is 0 Å². The monoisotopic (exact) mass is 330 g/mol. The van der Waals surface area contributed by atoms with Crippen molar-refractivity contribution in [3.63, 3.8) is 0 Å². The third-order valence-electron chi connectivity index (χ3n) is 3.74. The summed E-state index contributed by atoms with van der Waals surface area (Å²) in [4.78, 5) is 12.7. The second-order valence-electron chi connectivity index (χ2n) is 5.40. The van der Waals surface area contributed by atoms with Gasteiger partial charge in [0.05, 0.1) is 19.8 Å². The predicted octanol–water partition coefficient (Wildman–Crippen LogP) is 4.83. The highest BCUT2D eigenvalue weighted by molar-refractivity contribution is 7.58. The van der Waals surface area contributed by atoms with Crippen LogP contribution in [0.25, 0.3) is 11.1 Å². The molecular weight excluding hydrogens is 307 g/mol. The third-order valence-corrected chi connectivity index (χ3v) is 4.68. The van der Waals surface area contributed by atoms with E-state index in [0.717, 1.165) is 34.0 Å². The smallest absolute Gasteiger partial charge is 0.181 e. The summed E-state index contributed by atoms with van der Waals surface area (Å²) in [6.45, 7) is 6.07. The minimum atomic E-state index is 0.183. The van der Waals surface area contributed by atoms with E-state index in [0.29, 0.717) is 11.5 Å². The van der Waals surface area contributed by atoms with Crippen LogP contribution in [0.1, 0.15) is 28.4 Å². The minimum Gasteiger partial charge on any atom is -0.496 e. The van der Waals surface area contributed by atoms with Gasteiger partial charge in [-0.2, -0.15) is 0 Å². The molecule has 122 valence electrons. The maximum absolute atomic E-state index is 12.7. The van der Waals surface area contributed by atoms with Gasteiger partial charge in [-0.25, -0.2) is 0 Å². The standard InChI is InChI=1S/C19H23O3P/c1-6-23-19(20)14-11-12(2)10-13(3)17(14)18-15(21-4)8-7-9-16(18)22-5/h7-11,23H,6H2,1-5H3. The molecule has 1 unspecified atom stereocenters. The summed E-state index contributed by atoms with van der Waals surface area (Å²) in [5.41, 5.74) is 4.84. The molecule has 2 aromatic rings. The second kappa shape index (κ2) is 7.61. The lowest BCUT2D eigenvalue weighted by Gasteiger charge is -2.18. The molecule has 0 spiro atoms. The third kappa shape index (κ3) is 3.56. The van der Waals surface area contributed by atoms with Crippen molar-refractivity contribution in [1.82, 2.24) is 0 Å². The van der Waals surface area contributed by atoms with Crippen LogP contribution in [0.4, 0.5) is 0 Å². The van der Waals surface area contributed by atoms with Crippen molar-refractivity contribution in [2.75, 3.05) is 20.4 Å². The zero-order valence-corrected chi connectivity index (χ0v) is 15.3. The van der Waals surface area contributed by atoms with Crippen LogP contribution in [0, 0.1) is 13.8 Å². The molecule has 0 aliphatic rings. The first-order valence-corrected chi connectivity index (χ1v) is 8.85. The molecule has 23 heavy (non-hydrogen) atoms. The summed E-state index contributed by atoms with van der Waals surface area (Å²) in [6, 6.07) is 9.74. The van der Waals surface area contributed by atoms with E-state index < -0.39 is 0 Å². The van der Waals surface area contributed by atoms with Crippen LogP contribution in [0.5, 0.6) is 11.5 Å². The van der Waals surface area contributed by atoms with Gasteiger partial charge in [-0.05, 0) is 52.4 Å². The van der Waals surface area contributed by atoms with Crippen molar-refractivity contribution in [3.8, 4) is 22.6 Å². The van der Waals surface area contributed by atoms with E-state index >= 15 is 0 Å². The number of methoxy groups -OCH3 is 2. The van der Waals surface area contributed by atoms with Gasteiger partial charge >= 0.3 is 0 Å². The summed E-state index contributed by atoms with van der Waals surface area (Å²) in [6.07, 6.45) is 0.855. The SMILES string of the molecule is CCPC(=O)c1cc(C)cc(C)c1-c1c(OC)cccc1OC. The number of benzene rings is 2. The van der Waals surface area contributed by atoms with Crippen LogP contribution < -0.4 is 9.47 Å². The van der Waals surface area contributed by atoms with Crippen molar-refractivity contribution >= 4 is 14.1 Å². The van der Waals surface area contributed by atoms with E-state index in [1.807, 2.05) is 45.0 Å². The average molecular weight is 330 g/mol. The first kappa shape index (κ1) is 17.5. The lowest BCUT2D eigenvalue weighted by atomic mass is 9.92. The van der Waals surface area contributed by atoms with E-state index in [4.69, 9.17) is 9.47 Å². The second-order valence-corrected chi connectivity index (χ2v) is 6.92. The number of carbonyl (C=O) groups excluding carboxylic acids is 1. The number of ether oxygens (including phenoxy) is 2. The van der Waals surface area contributed by atoms with Gasteiger partial charge in [0.1, 0.15) is 11.5 Å². The van der Waals surface area contributed by atoms with Crippen LogP contribution in [-0.2, 0) is 0 Å². The van der Waals surface area contributed by atoms with Crippen LogP contribution in [-0.4, -0.2) is 25.9 Å². The first-order valence-electron chi connectivity index (χ1n) is 7.64. The molecule has 0 amide bonds. The van der Waals surface area contributed by atoms with Gasteiger partial charge in [0.2, 0.25) is 0 Å². The minimum absolute atomic E-state index is 0.183. The molecule has 0 bridgehead atoms. The molecule has 0 heterocycles. The Bertz CT molecular complexity index is 701. The quantitative estimate of drug-likeness (QED) is 0.712. The van der Waals surface area contributed by atoms with Gasteiger partial charge in [0.15, 0.2) is 5.52 Å². The zero-order chi connectivity index (χ0) is 17.0. The Labute approximate surface area is 139 Å². The largest absolute Gasteiger partial charge is 0.496 e. The van der Waals surface area contributed by atoms with Gasteiger partial charge in [0.25, 0.3) is 0 Å². The van der Waals surface area contributed by atoms with E-state index in [9.17, 15) is 4.79 Å². The highest BCUT2D eigenvalue weighted by Gasteiger charge is 2.21. The van der Waals surface area contributed by atoms with Crippen LogP contribution in [0.2, 0.25) is 0 Å². The van der Waals surface area contributed by atoms with E-state index in [1.54, 1.807) is 14.2 Å². The normalized spacial score (nSPS) is 11.0. The van der Waals surface area contributed by atoms with Crippen LogP contribution in [0.15, 0.2) is 30.3 Å². The highest BCUT2D eigenvalue weighted by atomic mass is 31.1. The van der Waals surface area contributed by atoms with Gasteiger partial charge < -0.3 is 9.47 Å². The number of hydrogen-bond acceptors (Lipinski definition) is 3. The molecule has 0 saturated heterocycles. The Morgan fingerprint density at radius 2 is 1.65 bits per heavy atom. The maximum atomic E-state index is 12.7. The number of carbonyl (C=O) groups is 1. The van der Waals surface area contributed by atoms with Gasteiger partial charge in [0, 0.05) is 11.1 Å². The molecule has 4 heteroatoms. The molecule has 1 atom stereocenters. The van der Waals surface area contributed by atoms with Crippen molar-refractivity contribution in [2.24, 2.45) is 0 Å². The molecule has 0 aliphatic carbocycles. The summed E-state index contributed by atoms with van der Waals surface area (Å²) < 4.78 is 11.1. The topological polar surface area (TPSA) is 35.5 Å². The number of hydrogen-bond donors (Lipinski definition) is 0. The van der Waals surface area contributed by atoms with E-state index in [2.05, 4.69) is 6.07 Å². The number of rotatable bonds is 6. The Hall–Kier alpha value is -1.86. The lowest BCUT2D eigenvalue weighted by Crippen LogP contribution is -2.02. The Morgan fingerprint density at radius 1 is 1.04 bits per heavy atom. The zero-order valence-electron chi connectivity index (χ0n) is 14.3. The first-order chi connectivity index (χ1) is 11.0. The van der Waals surface area contributed by atoms with Crippen molar-refractivity contribution < 1.29 is 14.3 Å². The van der Waals surface area contributed by atoms with E-state index in [-0.39, 0.29) is 14.1 Å². The van der Waals surface area contributed by atoms with Crippen molar-refractivity contribution in [2.45, 2.75) is 20.8 Å². The Kier molecular flexibility index (Phi) is 5.79. The fraction of sp³-hybridized carbons (Fsp3) is 0.316. The van der Waals surface area contributed by atoms with Gasteiger partial charge in [-0.3, -0.25) is 4.79 Å². The van der Waals surface area contributed by atoms with Gasteiger partial charge in [-0.1, -0.05) is 24.6 Å². The Balaban J connectivity index is 2.80. The van der Waals surface area contributed by atoms with Crippen LogP contribution >= 0.6 is 8.58 Å². The summed E-state index contributed by atoms with van der Waals surface area (Å²) in [5, 5.41) is 0. The van der Waals surface area contributed by atoms with Crippen molar-refractivity contribution in [1.29, 1.82) is 0 Å². The molecule has 0 saturated carbocycles. The van der Waals surface area contributed by atoms with Gasteiger partial charge in [-0.15, -0.1) is 0 Å². The Morgan fingerprint density at radius 3 is 2.17 bits per heavy atom. The molecule has 2 aromatic carbocycles. The molecule has 0 N–H and O–H groups in total. The molecular formula is C19H23O3P. The predicted molar refractivity (Wildman–Crippen MR) is 97.6 cm³/mol. The average Bonchev–Trinajstić information content (AvgIpc) is 2.53. The molecule has 0 radical (unpaired) electrons. The highest BCUT2D eigenvalue weighted by Crippen LogP contribution is 2.43. The summed E-state index contributed by atoms with van der Waals surface area (Å²) in [7, 11) is 3.55. The van der Waals surface area contributed by atoms with Crippen molar-refractivity contribution in [3.05, 3.63) is 47.0 Å². The summed E-state index contributed by atoms with van der Waals surface area (Å²) in [5.74, 6) is 1.43. The molecule has 0 fully saturated rings. The van der Waals surface area contributed by atoms with Crippen LogP contribution in [0.3, 0.4) is 0 Å². The maximum Gasteiger partial charge on any atom is 0.181 e. The summed E-state index contributed by atoms with van der Waals surface area (Å²) >= 11 is 0. The fourth-order valence-corrected chi connectivity index (χ4v) is 3.54. The fourth-order valence-electron chi connectivity index (χ4n) is 2.83. The lowest BCUT2D eigenvalue weighted by molar-refractivity contribution is 0.108.